The highest BCUT2D eigenvalue weighted by Crippen LogP contribution is 2.15. The Morgan fingerprint density at radius 1 is 1.00 bits per heavy atom. The van der Waals surface area contributed by atoms with E-state index in [9.17, 15) is 10.1 Å². The first-order valence-corrected chi connectivity index (χ1v) is 8.44. The molecule has 0 radical (unpaired) electrons. The zero-order valence-electron chi connectivity index (χ0n) is 13.7. The summed E-state index contributed by atoms with van der Waals surface area (Å²) < 4.78 is 0. The van der Waals surface area contributed by atoms with Gasteiger partial charge in [-0.25, -0.2) is 0 Å². The minimum absolute atomic E-state index is 0.146. The topological polar surface area (TPSA) is 58.4 Å². The molecule has 5 heteroatoms. The lowest BCUT2D eigenvalue weighted by Crippen LogP contribution is -2.41. The number of hydrogen-bond donors (Lipinski definition) is 1. The highest BCUT2D eigenvalue weighted by molar-refractivity contribution is 5.32. The average Bonchev–Trinajstić information content (AvgIpc) is 2.62. The summed E-state index contributed by atoms with van der Waals surface area (Å²) >= 11 is 0. The maximum atomic E-state index is 10.7. The minimum Gasteiger partial charge on any atom is -0.310 e. The van der Waals surface area contributed by atoms with Crippen LogP contribution >= 0.6 is 0 Å². The van der Waals surface area contributed by atoms with Crippen molar-refractivity contribution in [1.82, 2.24) is 10.2 Å². The van der Waals surface area contributed by atoms with E-state index in [4.69, 9.17) is 0 Å². The van der Waals surface area contributed by atoms with Crippen molar-refractivity contribution in [3.05, 3.63) is 75.8 Å². The molecule has 24 heavy (non-hydrogen) atoms. The van der Waals surface area contributed by atoms with E-state index in [1.807, 2.05) is 12.1 Å². The molecule has 1 saturated heterocycles. The SMILES string of the molecule is O=[N+]([O-])c1ccc(CNC2CCN(Cc3ccccc3)CC2)cc1. The van der Waals surface area contributed by atoms with Gasteiger partial charge in [-0.3, -0.25) is 15.0 Å². The van der Waals surface area contributed by atoms with E-state index >= 15 is 0 Å². The zero-order chi connectivity index (χ0) is 16.8. The van der Waals surface area contributed by atoms with E-state index < -0.39 is 0 Å². The van der Waals surface area contributed by atoms with Gasteiger partial charge in [-0.1, -0.05) is 42.5 Å². The second-order valence-electron chi connectivity index (χ2n) is 6.34. The van der Waals surface area contributed by atoms with Crippen LogP contribution in [0.1, 0.15) is 24.0 Å². The van der Waals surface area contributed by atoms with E-state index in [2.05, 4.69) is 40.5 Å². The fourth-order valence-electron chi connectivity index (χ4n) is 3.13. The molecular formula is C19H23N3O2. The van der Waals surface area contributed by atoms with Gasteiger partial charge < -0.3 is 5.32 Å². The molecular weight excluding hydrogens is 302 g/mol. The summed E-state index contributed by atoms with van der Waals surface area (Å²) in [4.78, 5) is 12.8. The molecule has 1 aliphatic rings. The van der Waals surface area contributed by atoms with E-state index in [0.717, 1.165) is 44.6 Å². The fraction of sp³-hybridized carbons (Fsp3) is 0.368. The van der Waals surface area contributed by atoms with Crippen LogP contribution in [0.2, 0.25) is 0 Å². The van der Waals surface area contributed by atoms with Crippen LogP contribution in [0.15, 0.2) is 54.6 Å². The number of nitro groups is 1. The quantitative estimate of drug-likeness (QED) is 0.653. The molecule has 1 N–H and O–H groups in total. The fourth-order valence-corrected chi connectivity index (χ4v) is 3.13. The lowest BCUT2D eigenvalue weighted by atomic mass is 10.0. The normalized spacial score (nSPS) is 16.2. The van der Waals surface area contributed by atoms with Crippen molar-refractivity contribution in [2.24, 2.45) is 0 Å². The van der Waals surface area contributed by atoms with Gasteiger partial charge >= 0.3 is 0 Å². The maximum absolute atomic E-state index is 10.7. The Balaban J connectivity index is 1.41. The van der Waals surface area contributed by atoms with Crippen molar-refractivity contribution in [3.63, 3.8) is 0 Å². The van der Waals surface area contributed by atoms with Crippen molar-refractivity contribution < 1.29 is 4.92 Å². The Bertz CT molecular complexity index is 650. The Morgan fingerprint density at radius 3 is 2.29 bits per heavy atom. The van der Waals surface area contributed by atoms with Crippen molar-refractivity contribution in [1.29, 1.82) is 0 Å². The Hall–Kier alpha value is -2.24. The molecule has 1 aliphatic heterocycles. The van der Waals surface area contributed by atoms with E-state index in [1.165, 1.54) is 5.56 Å². The van der Waals surface area contributed by atoms with Gasteiger partial charge in [0.15, 0.2) is 0 Å². The molecule has 2 aromatic carbocycles. The van der Waals surface area contributed by atoms with Gasteiger partial charge in [0.1, 0.15) is 0 Å². The number of non-ortho nitro benzene ring substituents is 1. The number of nitrogens with zero attached hydrogens (tertiary/aromatic N) is 2. The van der Waals surface area contributed by atoms with Crippen LogP contribution < -0.4 is 5.32 Å². The molecule has 5 nitrogen and oxygen atoms in total. The summed E-state index contributed by atoms with van der Waals surface area (Å²) in [6.07, 6.45) is 2.28. The van der Waals surface area contributed by atoms with Crippen LogP contribution in [0, 0.1) is 10.1 Å². The van der Waals surface area contributed by atoms with Crippen molar-refractivity contribution in [2.45, 2.75) is 32.0 Å². The Labute approximate surface area is 142 Å². The van der Waals surface area contributed by atoms with Crippen molar-refractivity contribution in [2.75, 3.05) is 13.1 Å². The summed E-state index contributed by atoms with van der Waals surface area (Å²) in [5.74, 6) is 0. The third-order valence-corrected chi connectivity index (χ3v) is 4.58. The molecule has 0 atom stereocenters. The van der Waals surface area contributed by atoms with Crippen LogP contribution in [0.3, 0.4) is 0 Å². The van der Waals surface area contributed by atoms with Crippen molar-refractivity contribution >= 4 is 5.69 Å². The molecule has 126 valence electrons. The highest BCUT2D eigenvalue weighted by Gasteiger charge is 2.18. The number of benzene rings is 2. The van der Waals surface area contributed by atoms with Crippen LogP contribution in [-0.4, -0.2) is 29.0 Å². The monoisotopic (exact) mass is 325 g/mol. The van der Waals surface area contributed by atoms with Crippen LogP contribution in [0.4, 0.5) is 5.69 Å². The predicted octanol–water partition coefficient (Wildman–Crippen LogP) is 3.35. The molecule has 1 heterocycles. The van der Waals surface area contributed by atoms with Crippen molar-refractivity contribution in [3.8, 4) is 0 Å². The summed E-state index contributed by atoms with van der Waals surface area (Å²) in [5, 5.41) is 14.2. The van der Waals surface area contributed by atoms with Gasteiger partial charge in [0.2, 0.25) is 0 Å². The lowest BCUT2D eigenvalue weighted by Gasteiger charge is -2.32. The first-order valence-electron chi connectivity index (χ1n) is 8.44. The Kier molecular flexibility index (Phi) is 5.56. The molecule has 3 rings (SSSR count). The number of likely N-dealkylation sites (tertiary alicyclic amines) is 1. The van der Waals surface area contributed by atoms with Gasteiger partial charge in [-0.05, 0) is 37.1 Å². The van der Waals surface area contributed by atoms with Gasteiger partial charge in [0.05, 0.1) is 4.92 Å². The van der Waals surface area contributed by atoms with Gasteiger partial charge in [-0.2, -0.15) is 0 Å². The molecule has 0 amide bonds. The van der Waals surface area contributed by atoms with Gasteiger partial charge in [0.25, 0.3) is 5.69 Å². The molecule has 0 saturated carbocycles. The molecule has 0 aromatic heterocycles. The zero-order valence-corrected chi connectivity index (χ0v) is 13.7. The van der Waals surface area contributed by atoms with Gasteiger partial charge in [0, 0.05) is 31.3 Å². The number of nitrogens with one attached hydrogen (secondary N) is 1. The number of piperidine rings is 1. The molecule has 2 aromatic rings. The highest BCUT2D eigenvalue weighted by atomic mass is 16.6. The molecule has 0 bridgehead atoms. The first-order chi connectivity index (χ1) is 11.7. The summed E-state index contributed by atoms with van der Waals surface area (Å²) in [6, 6.07) is 17.9. The van der Waals surface area contributed by atoms with Gasteiger partial charge in [-0.15, -0.1) is 0 Å². The van der Waals surface area contributed by atoms with Crippen LogP contribution in [0.5, 0.6) is 0 Å². The summed E-state index contributed by atoms with van der Waals surface area (Å²) in [5.41, 5.74) is 2.61. The second kappa shape index (κ2) is 8.04. The van der Waals surface area contributed by atoms with E-state index in [1.54, 1.807) is 12.1 Å². The van der Waals surface area contributed by atoms with E-state index in [-0.39, 0.29) is 10.6 Å². The largest absolute Gasteiger partial charge is 0.310 e. The third kappa shape index (κ3) is 4.63. The summed E-state index contributed by atoms with van der Waals surface area (Å²) in [7, 11) is 0. The molecule has 0 spiro atoms. The number of hydrogen-bond acceptors (Lipinski definition) is 4. The predicted molar refractivity (Wildman–Crippen MR) is 94.7 cm³/mol. The molecule has 1 fully saturated rings. The first kappa shape index (κ1) is 16.6. The number of nitro benzene ring substituents is 1. The maximum Gasteiger partial charge on any atom is 0.269 e. The molecule has 0 unspecified atom stereocenters. The van der Waals surface area contributed by atoms with Crippen LogP contribution in [-0.2, 0) is 13.1 Å². The average molecular weight is 325 g/mol. The minimum atomic E-state index is -0.361. The lowest BCUT2D eigenvalue weighted by molar-refractivity contribution is -0.384. The Morgan fingerprint density at radius 2 is 1.67 bits per heavy atom. The second-order valence-corrected chi connectivity index (χ2v) is 6.34. The third-order valence-electron chi connectivity index (χ3n) is 4.58. The van der Waals surface area contributed by atoms with Crippen LogP contribution in [0.25, 0.3) is 0 Å². The van der Waals surface area contributed by atoms with E-state index in [0.29, 0.717) is 6.04 Å². The standard InChI is InChI=1S/C19H23N3O2/c23-22(24)19-8-6-16(7-9-19)14-20-18-10-12-21(13-11-18)15-17-4-2-1-3-5-17/h1-9,18,20H,10-15H2. The summed E-state index contributed by atoms with van der Waals surface area (Å²) in [6.45, 7) is 4.00. The smallest absolute Gasteiger partial charge is 0.269 e. The molecule has 0 aliphatic carbocycles. The number of rotatable bonds is 6.